The number of nitrogens with one attached hydrogen (secondary N) is 2. The van der Waals surface area contributed by atoms with E-state index < -0.39 is 22.0 Å². The Balaban J connectivity index is 1.36. The maximum absolute atomic E-state index is 14.1. The van der Waals surface area contributed by atoms with E-state index in [0.717, 1.165) is 51.4 Å². The van der Waals surface area contributed by atoms with Crippen molar-refractivity contribution in [3.05, 3.63) is 72.7 Å². The summed E-state index contributed by atoms with van der Waals surface area (Å²) < 4.78 is 36.1. The molecule has 2 saturated carbocycles. The lowest BCUT2D eigenvalue weighted by atomic mass is 10.1. The Labute approximate surface area is 244 Å². The molecule has 2 aromatic carbocycles. The summed E-state index contributed by atoms with van der Waals surface area (Å²) in [6.45, 7) is -0.197. The number of sulfonamides is 1. The van der Waals surface area contributed by atoms with E-state index in [9.17, 15) is 18.0 Å². The number of nitrogens with zero attached hydrogens (tertiary/aromatic N) is 4. The maximum Gasteiger partial charge on any atom is 0.251 e. The molecule has 42 heavy (non-hydrogen) atoms. The van der Waals surface area contributed by atoms with E-state index in [1.54, 1.807) is 30.3 Å². The van der Waals surface area contributed by atoms with Crippen LogP contribution in [-0.4, -0.2) is 47.3 Å². The predicted octanol–water partition coefficient (Wildman–Crippen LogP) is 4.08. The van der Waals surface area contributed by atoms with E-state index in [-0.39, 0.29) is 29.4 Å². The molecule has 12 heteroatoms. The smallest absolute Gasteiger partial charge is 0.251 e. The summed E-state index contributed by atoms with van der Waals surface area (Å²) in [6, 6.07) is 15.5. The second-order valence-corrected chi connectivity index (χ2v) is 12.7. The normalized spacial score (nSPS) is 17.0. The van der Waals surface area contributed by atoms with Crippen LogP contribution in [0.25, 0.3) is 11.0 Å². The molecule has 11 nitrogen and oxygen atoms in total. The van der Waals surface area contributed by atoms with Crippen LogP contribution in [0.15, 0.2) is 76.2 Å². The Morgan fingerprint density at radius 3 is 2.31 bits per heavy atom. The SMILES string of the molecule is O=C(NC1CCCC1)C(c1ccco1)N(C(=O)Cn1nnc2ccccc21)c1ccc(S(=O)(=O)NC2CCCC2)cc1. The molecular formula is C30H34N6O5S. The number of para-hydroxylation sites is 1. The predicted molar refractivity (Wildman–Crippen MR) is 156 cm³/mol. The second kappa shape index (κ2) is 12.1. The first-order valence-corrected chi connectivity index (χ1v) is 15.9. The highest BCUT2D eigenvalue weighted by Gasteiger charge is 2.37. The third kappa shape index (κ3) is 5.95. The lowest BCUT2D eigenvalue weighted by Gasteiger charge is -2.31. The molecule has 0 spiro atoms. The van der Waals surface area contributed by atoms with Gasteiger partial charge in [-0.1, -0.05) is 43.0 Å². The summed E-state index contributed by atoms with van der Waals surface area (Å²) in [7, 11) is -3.74. The van der Waals surface area contributed by atoms with Crippen molar-refractivity contribution in [1.82, 2.24) is 25.0 Å². The van der Waals surface area contributed by atoms with Gasteiger partial charge in [-0.3, -0.25) is 14.5 Å². The van der Waals surface area contributed by atoms with Crippen molar-refractivity contribution in [3.8, 4) is 0 Å². The number of hydrogen-bond acceptors (Lipinski definition) is 7. The average Bonchev–Trinajstić information content (AvgIpc) is 3.81. The van der Waals surface area contributed by atoms with Gasteiger partial charge < -0.3 is 9.73 Å². The molecule has 0 saturated heterocycles. The van der Waals surface area contributed by atoms with E-state index in [0.29, 0.717) is 22.5 Å². The van der Waals surface area contributed by atoms with Gasteiger partial charge in [-0.05, 0) is 74.2 Å². The molecule has 0 radical (unpaired) electrons. The van der Waals surface area contributed by atoms with Crippen molar-refractivity contribution in [1.29, 1.82) is 0 Å². The summed E-state index contributed by atoms with van der Waals surface area (Å²) in [5.41, 5.74) is 1.67. The highest BCUT2D eigenvalue weighted by Crippen LogP contribution is 2.31. The molecule has 4 aromatic rings. The lowest BCUT2D eigenvalue weighted by Crippen LogP contribution is -2.47. The zero-order chi connectivity index (χ0) is 29.1. The minimum absolute atomic E-state index is 0.0142. The number of hydrogen-bond donors (Lipinski definition) is 2. The first kappa shape index (κ1) is 28.1. The number of carbonyl (C=O) groups is 2. The number of furan rings is 1. The zero-order valence-electron chi connectivity index (χ0n) is 23.2. The molecule has 6 rings (SSSR count). The largest absolute Gasteiger partial charge is 0.467 e. The van der Waals surface area contributed by atoms with Crippen molar-refractivity contribution in [2.24, 2.45) is 0 Å². The maximum atomic E-state index is 14.1. The molecular weight excluding hydrogens is 556 g/mol. The van der Waals surface area contributed by atoms with E-state index in [4.69, 9.17) is 4.42 Å². The summed E-state index contributed by atoms with van der Waals surface area (Å²) in [5, 5.41) is 11.4. The fourth-order valence-corrected chi connectivity index (χ4v) is 7.27. The Morgan fingerprint density at radius 1 is 0.929 bits per heavy atom. The van der Waals surface area contributed by atoms with E-state index >= 15 is 0 Å². The van der Waals surface area contributed by atoms with Crippen LogP contribution in [0.3, 0.4) is 0 Å². The van der Waals surface area contributed by atoms with Gasteiger partial charge in [-0.2, -0.15) is 0 Å². The first-order chi connectivity index (χ1) is 20.4. The zero-order valence-corrected chi connectivity index (χ0v) is 24.0. The highest BCUT2D eigenvalue weighted by atomic mass is 32.2. The van der Waals surface area contributed by atoms with Crippen LogP contribution < -0.4 is 14.9 Å². The van der Waals surface area contributed by atoms with Gasteiger partial charge in [-0.25, -0.2) is 17.8 Å². The van der Waals surface area contributed by atoms with Gasteiger partial charge in [0.2, 0.25) is 15.9 Å². The van der Waals surface area contributed by atoms with E-state index in [1.807, 2.05) is 18.2 Å². The number of rotatable bonds is 10. The van der Waals surface area contributed by atoms with Gasteiger partial charge in [0.05, 0.1) is 16.7 Å². The van der Waals surface area contributed by atoms with Crippen LogP contribution in [0, 0.1) is 0 Å². The van der Waals surface area contributed by atoms with Crippen molar-refractivity contribution in [2.75, 3.05) is 4.90 Å². The highest BCUT2D eigenvalue weighted by molar-refractivity contribution is 7.89. The molecule has 220 valence electrons. The van der Waals surface area contributed by atoms with Gasteiger partial charge in [0.25, 0.3) is 5.91 Å². The molecule has 2 aromatic heterocycles. The van der Waals surface area contributed by atoms with E-state index in [2.05, 4.69) is 20.4 Å². The summed E-state index contributed by atoms with van der Waals surface area (Å²) >= 11 is 0. The molecule has 2 fully saturated rings. The molecule has 2 N–H and O–H groups in total. The van der Waals surface area contributed by atoms with Crippen LogP contribution in [-0.2, 0) is 26.2 Å². The minimum Gasteiger partial charge on any atom is -0.467 e. The number of benzene rings is 2. The van der Waals surface area contributed by atoms with Crippen LogP contribution >= 0.6 is 0 Å². The Hall–Kier alpha value is -4.03. The number of carbonyl (C=O) groups excluding carboxylic acids is 2. The fraction of sp³-hybridized carbons (Fsp3) is 0.400. The van der Waals surface area contributed by atoms with Crippen LogP contribution in [0.4, 0.5) is 5.69 Å². The third-order valence-electron chi connectivity index (χ3n) is 8.10. The van der Waals surface area contributed by atoms with Gasteiger partial charge in [0, 0.05) is 17.8 Å². The standard InChI is InChI=1S/C30H34N6O5S/c37-28(20-35-26-13-6-5-12-25(26)32-34-35)36(29(27-14-7-19-41-27)30(38)31-21-8-1-2-9-21)23-15-17-24(18-16-23)42(39,40)33-22-10-3-4-11-22/h5-7,12-19,21-22,29,33H,1-4,8-11,20H2,(H,31,38). The van der Waals surface area contributed by atoms with Crippen molar-refractivity contribution >= 4 is 38.6 Å². The summed E-state index contributed by atoms with van der Waals surface area (Å²) in [6.07, 6.45) is 8.90. The molecule has 2 aliphatic carbocycles. The number of anilines is 1. The van der Waals surface area contributed by atoms with E-state index in [1.165, 1.54) is 28.0 Å². The third-order valence-corrected chi connectivity index (χ3v) is 9.63. The van der Waals surface area contributed by atoms with Crippen molar-refractivity contribution < 1.29 is 22.4 Å². The quantitative estimate of drug-likeness (QED) is 0.284. The number of fused-ring (bicyclic) bond motifs is 1. The molecule has 0 aliphatic heterocycles. The van der Waals surface area contributed by atoms with Crippen LogP contribution in [0.2, 0.25) is 0 Å². The molecule has 2 amide bonds. The molecule has 1 atom stereocenters. The van der Waals surface area contributed by atoms with Crippen LogP contribution in [0.1, 0.15) is 63.2 Å². The summed E-state index contributed by atoms with van der Waals surface area (Å²) in [5.74, 6) is -0.511. The Morgan fingerprint density at radius 2 is 1.62 bits per heavy atom. The first-order valence-electron chi connectivity index (χ1n) is 14.5. The Kier molecular flexibility index (Phi) is 8.07. The molecule has 0 bridgehead atoms. The Bertz CT molecular complexity index is 1640. The lowest BCUT2D eigenvalue weighted by molar-refractivity contribution is -0.127. The van der Waals surface area contributed by atoms with Crippen molar-refractivity contribution in [3.63, 3.8) is 0 Å². The van der Waals surface area contributed by atoms with Crippen LogP contribution in [0.5, 0.6) is 0 Å². The van der Waals surface area contributed by atoms with Crippen molar-refractivity contribution in [2.45, 2.75) is 80.9 Å². The van der Waals surface area contributed by atoms with Gasteiger partial charge in [0.15, 0.2) is 6.04 Å². The topological polar surface area (TPSA) is 139 Å². The fourth-order valence-electron chi connectivity index (χ4n) is 5.96. The minimum atomic E-state index is -3.74. The van der Waals surface area contributed by atoms with Gasteiger partial charge in [-0.15, -0.1) is 5.10 Å². The van der Waals surface area contributed by atoms with Gasteiger partial charge in [0.1, 0.15) is 17.8 Å². The molecule has 2 heterocycles. The van der Waals surface area contributed by atoms with Gasteiger partial charge >= 0.3 is 0 Å². The molecule has 2 aliphatic rings. The monoisotopic (exact) mass is 590 g/mol. The number of aromatic nitrogens is 3. The second-order valence-electron chi connectivity index (χ2n) is 11.0. The summed E-state index contributed by atoms with van der Waals surface area (Å²) in [4.78, 5) is 29.4. The molecule has 1 unspecified atom stereocenters. The number of amides is 2. The average molecular weight is 591 g/mol.